The van der Waals surface area contributed by atoms with E-state index in [9.17, 15) is 4.79 Å². The van der Waals surface area contributed by atoms with Gasteiger partial charge in [0.25, 0.3) is 0 Å². The molecule has 0 heterocycles. The van der Waals surface area contributed by atoms with Crippen molar-refractivity contribution in [3.63, 3.8) is 0 Å². The molecule has 0 bridgehead atoms. The Morgan fingerprint density at radius 1 is 0.750 bits per heavy atom. The van der Waals surface area contributed by atoms with Crippen LogP contribution in [-0.4, -0.2) is 20.7 Å². The van der Waals surface area contributed by atoms with E-state index in [1.54, 1.807) is 30.3 Å². The Balaban J connectivity index is 1.94. The van der Waals surface area contributed by atoms with E-state index in [-0.39, 0.29) is 20.7 Å². The SMILES string of the molecule is O=C(/C=C(\[Se]c1ccccc1)c1ccccc1)c1ccc(Cl)cc1. The van der Waals surface area contributed by atoms with E-state index < -0.39 is 0 Å². The van der Waals surface area contributed by atoms with Gasteiger partial charge in [-0.25, -0.2) is 0 Å². The average molecular weight is 398 g/mol. The van der Waals surface area contributed by atoms with Gasteiger partial charge in [0, 0.05) is 0 Å². The van der Waals surface area contributed by atoms with Crippen molar-refractivity contribution in [1.82, 2.24) is 0 Å². The van der Waals surface area contributed by atoms with Gasteiger partial charge >= 0.3 is 153 Å². The molecule has 3 heteroatoms. The van der Waals surface area contributed by atoms with E-state index in [1.807, 2.05) is 48.5 Å². The summed E-state index contributed by atoms with van der Waals surface area (Å²) in [5, 5.41) is 0.632. The number of allylic oxidation sites excluding steroid dienone is 1. The molecule has 0 aromatic heterocycles. The third-order valence-electron chi connectivity index (χ3n) is 3.42. The Morgan fingerprint density at radius 2 is 1.33 bits per heavy atom. The van der Waals surface area contributed by atoms with E-state index >= 15 is 0 Å². The molecule has 118 valence electrons. The van der Waals surface area contributed by atoms with Crippen LogP contribution in [0.5, 0.6) is 0 Å². The zero-order valence-electron chi connectivity index (χ0n) is 12.9. The molecule has 3 rings (SSSR count). The first-order valence-electron chi connectivity index (χ1n) is 7.52. The van der Waals surface area contributed by atoms with Crippen LogP contribution in [0.25, 0.3) is 4.47 Å². The van der Waals surface area contributed by atoms with Crippen LogP contribution in [0, 0.1) is 0 Å². The van der Waals surface area contributed by atoms with Crippen LogP contribution >= 0.6 is 11.6 Å². The van der Waals surface area contributed by atoms with Crippen LogP contribution in [0.4, 0.5) is 0 Å². The molecule has 0 aliphatic heterocycles. The molecule has 0 aliphatic rings. The van der Waals surface area contributed by atoms with Gasteiger partial charge in [0.1, 0.15) is 0 Å². The first-order valence-corrected chi connectivity index (χ1v) is 9.61. The van der Waals surface area contributed by atoms with Gasteiger partial charge in [0.15, 0.2) is 0 Å². The summed E-state index contributed by atoms with van der Waals surface area (Å²) in [7, 11) is 0. The maximum atomic E-state index is 12.6. The quantitative estimate of drug-likeness (QED) is 0.349. The van der Waals surface area contributed by atoms with E-state index in [1.165, 1.54) is 4.46 Å². The van der Waals surface area contributed by atoms with Crippen molar-refractivity contribution >= 4 is 41.3 Å². The predicted octanol–water partition coefficient (Wildman–Crippen LogP) is 4.59. The standard InChI is InChI=1S/C21H15ClOSe/c22-18-13-11-16(12-14-18)20(23)15-21(17-7-3-1-4-8-17)24-19-9-5-2-6-10-19/h1-15H/b21-15-. The summed E-state index contributed by atoms with van der Waals surface area (Å²) in [6.07, 6.45) is 1.76. The molecule has 0 saturated carbocycles. The zero-order chi connectivity index (χ0) is 16.8. The van der Waals surface area contributed by atoms with Crippen LogP contribution in [0.3, 0.4) is 0 Å². The summed E-state index contributed by atoms with van der Waals surface area (Å²) in [6, 6.07) is 27.3. The molecule has 0 radical (unpaired) electrons. The van der Waals surface area contributed by atoms with Crippen molar-refractivity contribution in [2.75, 3.05) is 0 Å². The summed E-state index contributed by atoms with van der Waals surface area (Å²) in [5.74, 6) is 0.00308. The molecule has 0 spiro atoms. The number of benzene rings is 3. The van der Waals surface area contributed by atoms with E-state index in [4.69, 9.17) is 11.6 Å². The van der Waals surface area contributed by atoms with Gasteiger partial charge in [0.05, 0.1) is 0 Å². The molecule has 1 nitrogen and oxygen atoms in total. The van der Waals surface area contributed by atoms with Crippen molar-refractivity contribution in [3.8, 4) is 0 Å². The Labute approximate surface area is 153 Å². The summed E-state index contributed by atoms with van der Waals surface area (Å²) in [6.45, 7) is 0. The van der Waals surface area contributed by atoms with Gasteiger partial charge in [-0.2, -0.15) is 0 Å². The Morgan fingerprint density at radius 3 is 1.96 bits per heavy atom. The minimum atomic E-state index is 0.00308. The van der Waals surface area contributed by atoms with Crippen LogP contribution in [0.15, 0.2) is 91.0 Å². The fraction of sp³-hybridized carbons (Fsp3) is 0. The molecule has 0 saturated heterocycles. The molecule has 0 aliphatic carbocycles. The molecule has 0 fully saturated rings. The maximum absolute atomic E-state index is 12.6. The number of hydrogen-bond donors (Lipinski definition) is 0. The first-order chi connectivity index (χ1) is 11.7. The molecule has 0 atom stereocenters. The van der Waals surface area contributed by atoms with Gasteiger partial charge in [0.2, 0.25) is 0 Å². The Hall–Kier alpha value is -2.12. The fourth-order valence-corrected chi connectivity index (χ4v) is 4.36. The van der Waals surface area contributed by atoms with E-state index in [2.05, 4.69) is 12.1 Å². The number of carbonyl (C=O) groups excluding carboxylic acids is 1. The molecule has 3 aromatic carbocycles. The van der Waals surface area contributed by atoms with Crippen molar-refractivity contribution in [3.05, 3.63) is 107 Å². The summed E-state index contributed by atoms with van der Waals surface area (Å²) < 4.78 is 2.30. The Bertz CT molecular complexity index is 840. The predicted molar refractivity (Wildman–Crippen MR) is 102 cm³/mol. The number of ketones is 1. The molecule has 0 unspecified atom stereocenters. The second kappa shape index (κ2) is 8.12. The number of hydrogen-bond acceptors (Lipinski definition) is 1. The van der Waals surface area contributed by atoms with Crippen molar-refractivity contribution in [2.45, 2.75) is 0 Å². The van der Waals surface area contributed by atoms with Crippen molar-refractivity contribution < 1.29 is 4.79 Å². The summed E-state index contributed by atoms with van der Waals surface area (Å²) >= 11 is 5.96. The average Bonchev–Trinajstić information content (AvgIpc) is 2.63. The minimum absolute atomic E-state index is 0.00308. The van der Waals surface area contributed by atoms with Gasteiger partial charge in [-0.3, -0.25) is 0 Å². The molecule has 0 N–H and O–H groups in total. The van der Waals surface area contributed by atoms with Crippen molar-refractivity contribution in [2.24, 2.45) is 0 Å². The zero-order valence-corrected chi connectivity index (χ0v) is 15.3. The second-order valence-corrected chi connectivity index (χ2v) is 7.94. The molecule has 24 heavy (non-hydrogen) atoms. The fourth-order valence-electron chi connectivity index (χ4n) is 2.21. The van der Waals surface area contributed by atoms with E-state index in [0.29, 0.717) is 10.6 Å². The van der Waals surface area contributed by atoms with Crippen LogP contribution in [0.2, 0.25) is 5.02 Å². The van der Waals surface area contributed by atoms with Gasteiger partial charge in [-0.05, 0) is 0 Å². The normalized spacial score (nSPS) is 11.3. The van der Waals surface area contributed by atoms with E-state index in [0.717, 1.165) is 10.0 Å². The molecule has 0 amide bonds. The van der Waals surface area contributed by atoms with Gasteiger partial charge in [-0.1, -0.05) is 0 Å². The summed E-state index contributed by atoms with van der Waals surface area (Å²) in [5.41, 5.74) is 1.74. The Kier molecular flexibility index (Phi) is 5.66. The summed E-state index contributed by atoms with van der Waals surface area (Å²) in [4.78, 5) is 12.6. The topological polar surface area (TPSA) is 17.1 Å². The van der Waals surface area contributed by atoms with Crippen LogP contribution in [-0.2, 0) is 0 Å². The van der Waals surface area contributed by atoms with Gasteiger partial charge < -0.3 is 0 Å². The number of rotatable bonds is 5. The monoisotopic (exact) mass is 398 g/mol. The molecular weight excluding hydrogens is 383 g/mol. The molecular formula is C21H15ClOSe. The van der Waals surface area contributed by atoms with Crippen molar-refractivity contribution in [1.29, 1.82) is 0 Å². The van der Waals surface area contributed by atoms with Crippen LogP contribution in [0.1, 0.15) is 15.9 Å². The molecule has 3 aromatic rings. The van der Waals surface area contributed by atoms with Crippen LogP contribution < -0.4 is 4.46 Å². The first kappa shape index (κ1) is 16.7. The third-order valence-corrected chi connectivity index (χ3v) is 5.94. The number of halogens is 1. The van der Waals surface area contributed by atoms with Gasteiger partial charge in [-0.15, -0.1) is 0 Å². The second-order valence-electron chi connectivity index (χ2n) is 5.16. The number of carbonyl (C=O) groups is 1. The third kappa shape index (κ3) is 4.46.